The molecule has 1 aromatic carbocycles. The molecule has 0 bridgehead atoms. The summed E-state index contributed by atoms with van der Waals surface area (Å²) in [4.78, 5) is 48.3. The van der Waals surface area contributed by atoms with E-state index >= 15 is 0 Å². The number of carbonyl (C=O) groups excluding carboxylic acids is 3. The van der Waals surface area contributed by atoms with Gasteiger partial charge in [0.05, 0.1) is 12.2 Å². The summed E-state index contributed by atoms with van der Waals surface area (Å²) in [6, 6.07) is 2.78. The third-order valence-electron chi connectivity index (χ3n) is 5.43. The van der Waals surface area contributed by atoms with Crippen LogP contribution >= 0.6 is 0 Å². The van der Waals surface area contributed by atoms with Gasteiger partial charge in [0.25, 0.3) is 0 Å². The van der Waals surface area contributed by atoms with Crippen LogP contribution < -0.4 is 15.2 Å². The van der Waals surface area contributed by atoms with Gasteiger partial charge in [0.1, 0.15) is 12.1 Å². The van der Waals surface area contributed by atoms with E-state index in [9.17, 15) is 24.3 Å². The van der Waals surface area contributed by atoms with Gasteiger partial charge in [0, 0.05) is 18.3 Å². The maximum atomic E-state index is 12.2. The molecule has 11 nitrogen and oxygen atoms in total. The van der Waals surface area contributed by atoms with Gasteiger partial charge in [-0.2, -0.15) is 0 Å². The first-order chi connectivity index (χ1) is 17.3. The molecule has 0 spiro atoms. The van der Waals surface area contributed by atoms with Crippen LogP contribution in [0.3, 0.4) is 0 Å². The molecule has 0 radical (unpaired) electrons. The Bertz CT molecular complexity index is 930. The van der Waals surface area contributed by atoms with Gasteiger partial charge in [-0.1, -0.05) is 26.3 Å². The number of nitrogens with two attached hydrogens (primary N) is 1. The van der Waals surface area contributed by atoms with E-state index in [2.05, 4.69) is 0 Å². The molecule has 0 aliphatic rings. The van der Waals surface area contributed by atoms with Crippen molar-refractivity contribution in [3.8, 4) is 11.5 Å². The number of benzene rings is 1. The zero-order valence-electron chi connectivity index (χ0n) is 22.5. The number of hydrogen-bond donors (Lipinski definition) is 2. The first kappa shape index (κ1) is 31.7. The van der Waals surface area contributed by atoms with Crippen LogP contribution in [0.2, 0.25) is 0 Å². The quantitative estimate of drug-likeness (QED) is 0.207. The molecular formula is C26H39NO10. The molecule has 0 saturated carbocycles. The Morgan fingerprint density at radius 2 is 1.41 bits per heavy atom. The number of hydrogen-bond acceptors (Lipinski definition) is 10. The summed E-state index contributed by atoms with van der Waals surface area (Å²) in [6.45, 7) is 11.8. The van der Waals surface area contributed by atoms with Crippen molar-refractivity contribution in [2.45, 2.75) is 98.0 Å². The highest BCUT2D eigenvalue weighted by atomic mass is 16.7. The molecule has 1 aromatic rings. The molecule has 3 N–H and O–H groups in total. The predicted octanol–water partition coefficient (Wildman–Crippen LogP) is 4.79. The van der Waals surface area contributed by atoms with Gasteiger partial charge in [0.15, 0.2) is 11.5 Å². The molecule has 208 valence electrons. The third-order valence-corrected chi connectivity index (χ3v) is 5.43. The fourth-order valence-corrected chi connectivity index (χ4v) is 3.49. The first-order valence-corrected chi connectivity index (χ1v) is 12.3. The van der Waals surface area contributed by atoms with Crippen molar-refractivity contribution < 1.29 is 48.0 Å². The van der Waals surface area contributed by atoms with Crippen molar-refractivity contribution in [1.82, 2.24) is 0 Å². The average molecular weight is 526 g/mol. The summed E-state index contributed by atoms with van der Waals surface area (Å²) < 4.78 is 26.0. The second kappa shape index (κ2) is 15.0. The summed E-state index contributed by atoms with van der Waals surface area (Å²) >= 11 is 0. The highest BCUT2D eigenvalue weighted by Gasteiger charge is 2.36. The van der Waals surface area contributed by atoms with Gasteiger partial charge in [0.2, 0.25) is 0 Å². The van der Waals surface area contributed by atoms with Crippen LogP contribution in [-0.4, -0.2) is 53.7 Å². The summed E-state index contributed by atoms with van der Waals surface area (Å²) in [5.41, 5.74) is 6.41. The van der Waals surface area contributed by atoms with Crippen molar-refractivity contribution in [3.63, 3.8) is 0 Å². The highest BCUT2D eigenvalue weighted by Crippen LogP contribution is 2.37. The fraction of sp³-hybridized carbons (Fsp3) is 0.615. The number of rotatable bonds is 13. The predicted molar refractivity (Wildman–Crippen MR) is 134 cm³/mol. The van der Waals surface area contributed by atoms with Gasteiger partial charge in [-0.05, 0) is 58.7 Å². The molecule has 3 unspecified atom stereocenters. The van der Waals surface area contributed by atoms with Crippen LogP contribution in [0.25, 0.3) is 0 Å². The van der Waals surface area contributed by atoms with Crippen LogP contribution in [0.4, 0.5) is 9.59 Å². The van der Waals surface area contributed by atoms with Crippen molar-refractivity contribution in [3.05, 3.63) is 23.8 Å². The lowest BCUT2D eigenvalue weighted by molar-refractivity contribution is -0.151. The first-order valence-electron chi connectivity index (χ1n) is 12.3. The number of aliphatic carboxylic acids is 1. The number of carboxylic acids is 1. The Hall–Kier alpha value is -3.34. The standard InChI is InChI=1S/C26H39NO10/c1-8-9-10-21(28)35-17(7)16(6)22(23(27)24(29)30)18-11-12-19(36-25(31)33-14(2)3)20(13-18)37-26(32)34-15(4)5/h11-17,22-23H,8-10,27H2,1-7H3,(H,29,30)/t16?,17?,22?,23-/m0/s1. The number of unbranched alkanes of at least 4 members (excludes halogenated alkanes) is 1. The Kier molecular flexibility index (Phi) is 12.9. The highest BCUT2D eigenvalue weighted by molar-refractivity contribution is 5.75. The zero-order valence-corrected chi connectivity index (χ0v) is 22.5. The van der Waals surface area contributed by atoms with Gasteiger partial charge >= 0.3 is 24.2 Å². The summed E-state index contributed by atoms with van der Waals surface area (Å²) in [7, 11) is 0. The van der Waals surface area contributed by atoms with Gasteiger partial charge in [-0.3, -0.25) is 9.59 Å². The van der Waals surface area contributed by atoms with E-state index in [1.807, 2.05) is 6.92 Å². The topological polar surface area (TPSA) is 161 Å². The molecule has 0 fully saturated rings. The summed E-state index contributed by atoms with van der Waals surface area (Å²) in [5, 5.41) is 9.69. The molecule has 11 heteroatoms. The molecule has 0 heterocycles. The minimum atomic E-state index is -1.39. The van der Waals surface area contributed by atoms with Gasteiger partial charge < -0.3 is 34.5 Å². The van der Waals surface area contributed by atoms with E-state index in [4.69, 9.17) is 29.4 Å². The Labute approximate surface area is 217 Å². The fourth-order valence-electron chi connectivity index (χ4n) is 3.49. The Morgan fingerprint density at radius 1 is 0.865 bits per heavy atom. The minimum Gasteiger partial charge on any atom is -0.480 e. The van der Waals surface area contributed by atoms with Crippen LogP contribution in [0.1, 0.15) is 79.2 Å². The molecule has 37 heavy (non-hydrogen) atoms. The zero-order chi connectivity index (χ0) is 28.3. The van der Waals surface area contributed by atoms with Crippen molar-refractivity contribution in [2.24, 2.45) is 11.7 Å². The maximum Gasteiger partial charge on any atom is 0.514 e. The second-order valence-electron chi connectivity index (χ2n) is 9.29. The van der Waals surface area contributed by atoms with Gasteiger partial charge in [-0.25, -0.2) is 9.59 Å². The molecule has 0 aliphatic heterocycles. The van der Waals surface area contributed by atoms with E-state index < -0.39 is 60.4 Å². The SMILES string of the molecule is CCCCC(=O)OC(C)C(C)C(c1ccc(OC(=O)OC(C)C)c(OC(=O)OC(C)C)c1)[C@H](N)C(=O)O. The van der Waals surface area contributed by atoms with Crippen LogP contribution in [0, 0.1) is 5.92 Å². The lowest BCUT2D eigenvalue weighted by atomic mass is 9.79. The lowest BCUT2D eigenvalue weighted by Gasteiger charge is -2.32. The molecular weight excluding hydrogens is 486 g/mol. The van der Waals surface area contributed by atoms with Crippen molar-refractivity contribution in [1.29, 1.82) is 0 Å². The third kappa shape index (κ3) is 10.7. The minimum absolute atomic E-state index is 0.149. The second-order valence-corrected chi connectivity index (χ2v) is 9.29. The molecule has 4 atom stereocenters. The molecule has 0 amide bonds. The number of esters is 1. The van der Waals surface area contributed by atoms with E-state index in [1.54, 1.807) is 41.5 Å². The Balaban J connectivity index is 3.41. The normalized spacial score (nSPS) is 14.3. The van der Waals surface area contributed by atoms with Crippen molar-refractivity contribution >= 4 is 24.2 Å². The summed E-state index contributed by atoms with van der Waals surface area (Å²) in [6.07, 6.45) is -1.95. The van der Waals surface area contributed by atoms with Crippen LogP contribution in [0.5, 0.6) is 11.5 Å². The lowest BCUT2D eigenvalue weighted by Crippen LogP contribution is -2.42. The monoisotopic (exact) mass is 525 g/mol. The van der Waals surface area contributed by atoms with Crippen LogP contribution in [0.15, 0.2) is 18.2 Å². The Morgan fingerprint density at radius 3 is 1.89 bits per heavy atom. The van der Waals surface area contributed by atoms with E-state index in [0.29, 0.717) is 12.0 Å². The van der Waals surface area contributed by atoms with Crippen LogP contribution in [-0.2, 0) is 23.8 Å². The smallest absolute Gasteiger partial charge is 0.480 e. The molecule has 1 rings (SSSR count). The number of ether oxygens (including phenoxy) is 5. The summed E-state index contributed by atoms with van der Waals surface area (Å²) in [5.74, 6) is -3.44. The van der Waals surface area contributed by atoms with E-state index in [-0.39, 0.29) is 17.9 Å². The van der Waals surface area contributed by atoms with E-state index in [0.717, 1.165) is 6.42 Å². The van der Waals surface area contributed by atoms with Gasteiger partial charge in [-0.15, -0.1) is 0 Å². The van der Waals surface area contributed by atoms with E-state index in [1.165, 1.54) is 18.2 Å². The maximum absolute atomic E-state index is 12.2. The van der Waals surface area contributed by atoms with Crippen molar-refractivity contribution in [2.75, 3.05) is 0 Å². The number of carboxylic acid groups (broad SMARTS) is 1. The molecule has 0 saturated heterocycles. The number of carbonyl (C=O) groups is 4. The average Bonchev–Trinajstić information content (AvgIpc) is 2.77. The molecule has 0 aromatic heterocycles. The largest absolute Gasteiger partial charge is 0.514 e. The molecule has 0 aliphatic carbocycles.